The van der Waals surface area contributed by atoms with Crippen LogP contribution in [0.2, 0.25) is 5.02 Å². The zero-order chi connectivity index (χ0) is 30.5. The van der Waals surface area contributed by atoms with Crippen LogP contribution in [-0.2, 0) is 0 Å². The third kappa shape index (κ3) is 6.75. The van der Waals surface area contributed by atoms with E-state index in [4.69, 9.17) is 21.3 Å². The van der Waals surface area contributed by atoms with Gasteiger partial charge in [-0.1, -0.05) is 30.7 Å². The predicted octanol–water partition coefficient (Wildman–Crippen LogP) is 5.57. The summed E-state index contributed by atoms with van der Waals surface area (Å²) in [5.41, 5.74) is 1.94. The maximum Gasteiger partial charge on any atom is 0.272 e. The van der Waals surface area contributed by atoms with Gasteiger partial charge in [-0.15, -0.1) is 0 Å². The number of benzene rings is 2. The number of nitrogens with one attached hydrogen (secondary N) is 2. The number of halogens is 3. The standard InChI is InChI=1S/C32H36ClF2N5O3/c1-3-22-19-39(32(42)23-10-9-20(33)17-25(23)30(34)35)15-16-40(22)27-12-11-26(24-7-5-6-8-28(24)43-4-2)38-29(27)31(41)37-21-13-14-36-18-21/h5-12,17,21-22,30,36H,3-4,13-16,18-19H2,1-2H3,(H,37,41)/t21-,22+/m0/s1. The lowest BCUT2D eigenvalue weighted by Gasteiger charge is -2.43. The Labute approximate surface area is 255 Å². The van der Waals surface area contributed by atoms with Crippen molar-refractivity contribution in [1.82, 2.24) is 20.5 Å². The molecule has 43 heavy (non-hydrogen) atoms. The number of rotatable bonds is 9. The summed E-state index contributed by atoms with van der Waals surface area (Å²) in [6.07, 6.45) is -1.33. The SMILES string of the molecule is CCOc1ccccc1-c1ccc(N2CCN(C(=O)c3ccc(Cl)cc3C(F)F)C[C@H]2CC)c(C(=O)N[C@H]2CCNC2)n1. The van der Waals surface area contributed by atoms with Crippen molar-refractivity contribution in [3.63, 3.8) is 0 Å². The lowest BCUT2D eigenvalue weighted by Crippen LogP contribution is -2.55. The molecular formula is C32H36ClF2N5O3. The minimum atomic E-state index is -2.82. The maximum absolute atomic E-state index is 13.8. The predicted molar refractivity (Wildman–Crippen MR) is 163 cm³/mol. The molecule has 2 saturated heterocycles. The van der Waals surface area contributed by atoms with E-state index in [-0.39, 0.29) is 34.1 Å². The second-order valence-corrected chi connectivity index (χ2v) is 11.1. The van der Waals surface area contributed by atoms with E-state index in [9.17, 15) is 18.4 Å². The summed E-state index contributed by atoms with van der Waals surface area (Å²) < 4.78 is 33.3. The van der Waals surface area contributed by atoms with Crippen LogP contribution in [0.1, 0.15) is 59.5 Å². The van der Waals surface area contributed by atoms with Gasteiger partial charge < -0.3 is 25.2 Å². The minimum Gasteiger partial charge on any atom is -0.493 e. The number of anilines is 1. The third-order valence-electron chi connectivity index (χ3n) is 7.98. The normalized spacial score (nSPS) is 18.7. The van der Waals surface area contributed by atoms with E-state index < -0.39 is 12.3 Å². The quantitative estimate of drug-likeness (QED) is 0.329. The number of ether oxygens (including phenoxy) is 1. The van der Waals surface area contributed by atoms with Gasteiger partial charge in [-0.05, 0) is 68.8 Å². The molecule has 3 heterocycles. The molecule has 0 radical (unpaired) electrons. The highest BCUT2D eigenvalue weighted by atomic mass is 35.5. The molecule has 2 N–H and O–H groups in total. The molecule has 228 valence electrons. The lowest BCUT2D eigenvalue weighted by atomic mass is 10.0. The summed E-state index contributed by atoms with van der Waals surface area (Å²) >= 11 is 5.94. The van der Waals surface area contributed by atoms with Crippen molar-refractivity contribution in [3.05, 3.63) is 76.4 Å². The van der Waals surface area contributed by atoms with Gasteiger partial charge >= 0.3 is 0 Å². The van der Waals surface area contributed by atoms with Gasteiger partial charge in [0.25, 0.3) is 18.2 Å². The van der Waals surface area contributed by atoms with Gasteiger partial charge in [-0.2, -0.15) is 0 Å². The van der Waals surface area contributed by atoms with Crippen molar-refractivity contribution < 1.29 is 23.1 Å². The first-order valence-electron chi connectivity index (χ1n) is 14.7. The third-order valence-corrected chi connectivity index (χ3v) is 8.21. The molecule has 2 atom stereocenters. The Morgan fingerprint density at radius 1 is 1.14 bits per heavy atom. The average molecular weight is 612 g/mol. The first kappa shape index (κ1) is 30.7. The Balaban J connectivity index is 1.46. The molecule has 5 rings (SSSR count). The summed E-state index contributed by atoms with van der Waals surface area (Å²) in [5.74, 6) is -0.0474. The van der Waals surface area contributed by atoms with Crippen LogP contribution >= 0.6 is 11.6 Å². The van der Waals surface area contributed by atoms with Gasteiger partial charge in [0.15, 0.2) is 5.69 Å². The van der Waals surface area contributed by atoms with Crippen LogP contribution in [0.3, 0.4) is 0 Å². The number of para-hydroxylation sites is 1. The topological polar surface area (TPSA) is 86.8 Å². The molecule has 2 aromatic carbocycles. The Hall–Kier alpha value is -3.76. The Bertz CT molecular complexity index is 1470. The number of aromatic nitrogens is 1. The largest absolute Gasteiger partial charge is 0.493 e. The molecule has 2 aliphatic heterocycles. The van der Waals surface area contributed by atoms with Gasteiger partial charge in [0.05, 0.1) is 18.0 Å². The number of alkyl halides is 2. The summed E-state index contributed by atoms with van der Waals surface area (Å²) in [7, 11) is 0. The van der Waals surface area contributed by atoms with Crippen molar-refractivity contribution in [2.24, 2.45) is 0 Å². The van der Waals surface area contributed by atoms with Crippen LogP contribution in [0, 0.1) is 0 Å². The molecule has 2 fully saturated rings. The molecule has 0 unspecified atom stereocenters. The van der Waals surface area contributed by atoms with Gasteiger partial charge in [-0.25, -0.2) is 13.8 Å². The molecule has 8 nitrogen and oxygen atoms in total. The van der Waals surface area contributed by atoms with Crippen molar-refractivity contribution in [2.75, 3.05) is 44.2 Å². The molecule has 2 aliphatic rings. The molecule has 0 bridgehead atoms. The summed E-state index contributed by atoms with van der Waals surface area (Å²) in [4.78, 5) is 35.8. The van der Waals surface area contributed by atoms with Crippen LogP contribution < -0.4 is 20.3 Å². The average Bonchev–Trinajstić information content (AvgIpc) is 3.53. The fourth-order valence-electron chi connectivity index (χ4n) is 5.78. The van der Waals surface area contributed by atoms with Gasteiger partial charge in [-0.3, -0.25) is 9.59 Å². The molecule has 3 aromatic rings. The Kier molecular flexibility index (Phi) is 9.77. The van der Waals surface area contributed by atoms with Crippen LogP contribution in [0.15, 0.2) is 54.6 Å². The highest BCUT2D eigenvalue weighted by Gasteiger charge is 2.34. The molecule has 0 spiro atoms. The fourth-order valence-corrected chi connectivity index (χ4v) is 5.96. The highest BCUT2D eigenvalue weighted by Crippen LogP contribution is 2.34. The first-order valence-corrected chi connectivity index (χ1v) is 15.1. The Morgan fingerprint density at radius 3 is 2.67 bits per heavy atom. The van der Waals surface area contributed by atoms with Gasteiger partial charge in [0.2, 0.25) is 0 Å². The number of nitrogens with zero attached hydrogens (tertiary/aromatic N) is 3. The van der Waals surface area contributed by atoms with Gasteiger partial charge in [0.1, 0.15) is 5.75 Å². The van der Waals surface area contributed by atoms with Crippen LogP contribution in [0.5, 0.6) is 5.75 Å². The number of piperazine rings is 1. The number of pyridine rings is 1. The fraction of sp³-hybridized carbons (Fsp3) is 0.406. The van der Waals surface area contributed by atoms with E-state index in [2.05, 4.69) is 15.5 Å². The maximum atomic E-state index is 13.8. The van der Waals surface area contributed by atoms with Crippen molar-refractivity contribution in [2.45, 2.75) is 45.2 Å². The summed E-state index contributed by atoms with van der Waals surface area (Å²) in [5, 5.41) is 6.55. The number of carbonyl (C=O) groups excluding carboxylic acids is 2. The number of carbonyl (C=O) groups is 2. The lowest BCUT2D eigenvalue weighted by molar-refractivity contribution is 0.0708. The van der Waals surface area contributed by atoms with Gasteiger partial charge in [0, 0.05) is 60.0 Å². The number of hydrogen-bond acceptors (Lipinski definition) is 6. The second kappa shape index (κ2) is 13.7. The summed E-state index contributed by atoms with van der Waals surface area (Å²) in [6, 6.07) is 15.2. The van der Waals surface area contributed by atoms with E-state index in [1.54, 1.807) is 4.90 Å². The van der Waals surface area contributed by atoms with Crippen LogP contribution in [0.4, 0.5) is 14.5 Å². The smallest absolute Gasteiger partial charge is 0.272 e. The van der Waals surface area contributed by atoms with Crippen molar-refractivity contribution in [1.29, 1.82) is 0 Å². The first-order chi connectivity index (χ1) is 20.8. The van der Waals surface area contributed by atoms with E-state index in [1.165, 1.54) is 12.1 Å². The molecule has 1 aromatic heterocycles. The molecule has 0 aliphatic carbocycles. The van der Waals surface area contributed by atoms with E-state index in [0.717, 1.165) is 24.6 Å². The minimum absolute atomic E-state index is 0.00126. The van der Waals surface area contributed by atoms with E-state index in [0.29, 0.717) is 62.0 Å². The second-order valence-electron chi connectivity index (χ2n) is 10.7. The zero-order valence-electron chi connectivity index (χ0n) is 24.3. The van der Waals surface area contributed by atoms with Crippen molar-refractivity contribution >= 4 is 29.1 Å². The summed E-state index contributed by atoms with van der Waals surface area (Å²) in [6.45, 7) is 6.95. The zero-order valence-corrected chi connectivity index (χ0v) is 25.0. The van der Waals surface area contributed by atoms with E-state index >= 15 is 0 Å². The number of hydrogen-bond donors (Lipinski definition) is 2. The van der Waals surface area contributed by atoms with Crippen molar-refractivity contribution in [3.8, 4) is 17.0 Å². The number of amides is 2. The Morgan fingerprint density at radius 2 is 1.95 bits per heavy atom. The van der Waals surface area contributed by atoms with Crippen LogP contribution in [0.25, 0.3) is 11.3 Å². The molecule has 0 saturated carbocycles. The molecule has 2 amide bonds. The molecular weight excluding hydrogens is 576 g/mol. The molecule has 11 heteroatoms. The van der Waals surface area contributed by atoms with E-state index in [1.807, 2.05) is 50.2 Å². The highest BCUT2D eigenvalue weighted by molar-refractivity contribution is 6.30. The monoisotopic (exact) mass is 611 g/mol. The van der Waals surface area contributed by atoms with Crippen LogP contribution in [-0.4, -0.2) is 73.1 Å².